The number of esters is 1. The summed E-state index contributed by atoms with van der Waals surface area (Å²) in [7, 11) is 1.27. The Hall–Kier alpha value is -2.94. The third-order valence-corrected chi connectivity index (χ3v) is 5.48. The predicted molar refractivity (Wildman–Crippen MR) is 103 cm³/mol. The van der Waals surface area contributed by atoms with Gasteiger partial charge >= 0.3 is 5.97 Å². The van der Waals surface area contributed by atoms with Crippen LogP contribution in [0, 0.1) is 12.8 Å². The van der Waals surface area contributed by atoms with Gasteiger partial charge in [-0.3, -0.25) is 9.59 Å². The molecule has 9 heteroatoms. The molecular weight excluding hydrogens is 382 g/mol. The second-order valence-corrected chi connectivity index (χ2v) is 7.77. The first-order valence-corrected chi connectivity index (χ1v) is 9.61. The second kappa shape index (κ2) is 8.39. The SMILES string of the molecule is COC(=O)c1nc(NC(=O)C2CC(=O)N(CCc3ccc(O)cc3)C2)sc1C. The van der Waals surface area contributed by atoms with Gasteiger partial charge in [-0.25, -0.2) is 9.78 Å². The maximum absolute atomic E-state index is 12.5. The zero-order valence-corrected chi connectivity index (χ0v) is 16.4. The topological polar surface area (TPSA) is 109 Å². The Labute approximate surface area is 166 Å². The van der Waals surface area contributed by atoms with Crippen molar-refractivity contribution in [2.45, 2.75) is 19.8 Å². The van der Waals surface area contributed by atoms with Crippen LogP contribution in [-0.2, 0) is 20.7 Å². The molecule has 1 fully saturated rings. The van der Waals surface area contributed by atoms with E-state index in [1.54, 1.807) is 24.0 Å². The number of anilines is 1. The summed E-state index contributed by atoms with van der Waals surface area (Å²) < 4.78 is 4.66. The van der Waals surface area contributed by atoms with Gasteiger partial charge in [0.2, 0.25) is 11.8 Å². The molecule has 0 aliphatic carbocycles. The highest BCUT2D eigenvalue weighted by atomic mass is 32.1. The van der Waals surface area contributed by atoms with Crippen LogP contribution in [0.5, 0.6) is 5.75 Å². The lowest BCUT2D eigenvalue weighted by Crippen LogP contribution is -2.30. The van der Waals surface area contributed by atoms with Gasteiger partial charge < -0.3 is 20.1 Å². The summed E-state index contributed by atoms with van der Waals surface area (Å²) in [5, 5.41) is 12.3. The minimum absolute atomic E-state index is 0.0653. The molecule has 28 heavy (non-hydrogen) atoms. The molecule has 1 saturated heterocycles. The van der Waals surface area contributed by atoms with E-state index >= 15 is 0 Å². The molecule has 0 radical (unpaired) electrons. The summed E-state index contributed by atoms with van der Waals surface area (Å²) in [4.78, 5) is 42.8. The van der Waals surface area contributed by atoms with E-state index < -0.39 is 11.9 Å². The summed E-state index contributed by atoms with van der Waals surface area (Å²) in [6.45, 7) is 2.58. The van der Waals surface area contributed by atoms with Crippen LogP contribution in [0.4, 0.5) is 5.13 Å². The molecule has 1 aliphatic rings. The third kappa shape index (κ3) is 4.48. The van der Waals surface area contributed by atoms with Crippen molar-refractivity contribution in [1.29, 1.82) is 0 Å². The number of thiazole rings is 1. The Morgan fingerprint density at radius 3 is 2.75 bits per heavy atom. The zero-order valence-electron chi connectivity index (χ0n) is 15.6. The molecule has 2 aromatic rings. The molecular formula is C19H21N3O5S. The molecule has 8 nitrogen and oxygen atoms in total. The van der Waals surface area contributed by atoms with Crippen LogP contribution < -0.4 is 5.32 Å². The third-order valence-electron chi connectivity index (χ3n) is 4.60. The van der Waals surface area contributed by atoms with Gasteiger partial charge in [0.15, 0.2) is 10.8 Å². The standard InChI is InChI=1S/C19H21N3O5S/c1-11-16(18(26)27-2)20-19(28-11)21-17(25)13-9-15(24)22(10-13)8-7-12-3-5-14(23)6-4-12/h3-6,13,23H,7-10H2,1-2H3,(H,20,21,25). The van der Waals surface area contributed by atoms with Gasteiger partial charge in [0.25, 0.3) is 0 Å². The number of aromatic nitrogens is 1. The number of phenolic OH excluding ortho intramolecular Hbond substituents is 1. The average molecular weight is 403 g/mol. The molecule has 148 valence electrons. The number of carbonyl (C=O) groups excluding carboxylic acids is 3. The maximum atomic E-state index is 12.5. The lowest BCUT2D eigenvalue weighted by molar-refractivity contribution is -0.128. The smallest absolute Gasteiger partial charge is 0.357 e. The molecule has 1 aromatic heterocycles. The first-order valence-electron chi connectivity index (χ1n) is 8.79. The fourth-order valence-electron chi connectivity index (χ4n) is 3.03. The van der Waals surface area contributed by atoms with Crippen molar-refractivity contribution >= 4 is 34.3 Å². The number of rotatable bonds is 6. The largest absolute Gasteiger partial charge is 0.508 e. The predicted octanol–water partition coefficient (Wildman–Crippen LogP) is 1.97. The summed E-state index contributed by atoms with van der Waals surface area (Å²) in [6.07, 6.45) is 0.796. The van der Waals surface area contributed by atoms with Gasteiger partial charge in [-0.1, -0.05) is 12.1 Å². The summed E-state index contributed by atoms with van der Waals surface area (Å²) in [5.74, 6) is -1.16. The number of nitrogens with one attached hydrogen (secondary N) is 1. The molecule has 2 heterocycles. The van der Waals surface area contributed by atoms with E-state index in [4.69, 9.17) is 0 Å². The summed E-state index contributed by atoms with van der Waals surface area (Å²) in [5.41, 5.74) is 1.19. The molecule has 0 bridgehead atoms. The van der Waals surface area contributed by atoms with Crippen LogP contribution in [0.1, 0.15) is 27.3 Å². The number of benzene rings is 1. The monoisotopic (exact) mass is 403 g/mol. The van der Waals surface area contributed by atoms with E-state index in [0.29, 0.717) is 29.5 Å². The van der Waals surface area contributed by atoms with Crippen LogP contribution in [0.25, 0.3) is 0 Å². The van der Waals surface area contributed by atoms with E-state index in [9.17, 15) is 19.5 Å². The number of likely N-dealkylation sites (tertiary alicyclic amines) is 1. The molecule has 2 N–H and O–H groups in total. The Bertz CT molecular complexity index is 893. The number of phenols is 1. The second-order valence-electron chi connectivity index (χ2n) is 6.56. The lowest BCUT2D eigenvalue weighted by Gasteiger charge is -2.16. The van der Waals surface area contributed by atoms with Crippen LogP contribution >= 0.6 is 11.3 Å². The molecule has 1 atom stereocenters. The number of carbonyl (C=O) groups is 3. The number of aryl methyl sites for hydroxylation is 1. The highest BCUT2D eigenvalue weighted by Gasteiger charge is 2.34. The normalized spacial score (nSPS) is 16.3. The highest BCUT2D eigenvalue weighted by molar-refractivity contribution is 7.16. The fourth-order valence-corrected chi connectivity index (χ4v) is 3.84. The van der Waals surface area contributed by atoms with Crippen molar-refractivity contribution < 1.29 is 24.2 Å². The van der Waals surface area contributed by atoms with Crippen molar-refractivity contribution in [3.63, 3.8) is 0 Å². The highest BCUT2D eigenvalue weighted by Crippen LogP contribution is 2.25. The van der Waals surface area contributed by atoms with Gasteiger partial charge in [0.1, 0.15) is 5.75 Å². The van der Waals surface area contributed by atoms with E-state index in [0.717, 1.165) is 5.56 Å². The van der Waals surface area contributed by atoms with Gasteiger partial charge in [-0.15, -0.1) is 11.3 Å². The molecule has 1 aliphatic heterocycles. The number of aromatic hydroxyl groups is 1. The first-order chi connectivity index (χ1) is 13.4. The quantitative estimate of drug-likeness (QED) is 0.714. The minimum Gasteiger partial charge on any atom is -0.508 e. The number of ether oxygens (including phenoxy) is 1. The Kier molecular flexibility index (Phi) is 5.93. The van der Waals surface area contributed by atoms with Gasteiger partial charge in [0, 0.05) is 24.4 Å². The van der Waals surface area contributed by atoms with Gasteiger partial charge in [0.05, 0.1) is 13.0 Å². The average Bonchev–Trinajstić information content (AvgIpc) is 3.23. The van der Waals surface area contributed by atoms with Crippen molar-refractivity contribution in [2.75, 3.05) is 25.5 Å². The van der Waals surface area contributed by atoms with Crippen LogP contribution in [0.3, 0.4) is 0 Å². The summed E-state index contributed by atoms with van der Waals surface area (Å²) >= 11 is 1.19. The number of methoxy groups -OCH3 is 1. The molecule has 2 amide bonds. The maximum Gasteiger partial charge on any atom is 0.357 e. The van der Waals surface area contributed by atoms with Crippen molar-refractivity contribution in [3.05, 3.63) is 40.4 Å². The minimum atomic E-state index is -0.550. The lowest BCUT2D eigenvalue weighted by atomic mass is 10.1. The molecule has 0 saturated carbocycles. The Morgan fingerprint density at radius 2 is 2.07 bits per heavy atom. The molecule has 1 unspecified atom stereocenters. The van der Waals surface area contributed by atoms with Crippen molar-refractivity contribution in [1.82, 2.24) is 9.88 Å². The van der Waals surface area contributed by atoms with Gasteiger partial charge in [-0.05, 0) is 31.0 Å². The van der Waals surface area contributed by atoms with E-state index in [2.05, 4.69) is 15.0 Å². The fraction of sp³-hybridized carbons (Fsp3) is 0.368. The van der Waals surface area contributed by atoms with E-state index in [1.807, 2.05) is 12.1 Å². The zero-order chi connectivity index (χ0) is 20.3. The van der Waals surface area contributed by atoms with Crippen LogP contribution in [-0.4, -0.2) is 53.0 Å². The number of hydrogen-bond donors (Lipinski definition) is 2. The van der Waals surface area contributed by atoms with Crippen molar-refractivity contribution in [3.8, 4) is 5.75 Å². The van der Waals surface area contributed by atoms with E-state index in [-0.39, 0.29) is 29.7 Å². The molecule has 1 aromatic carbocycles. The van der Waals surface area contributed by atoms with Gasteiger partial charge in [-0.2, -0.15) is 0 Å². The molecule has 0 spiro atoms. The van der Waals surface area contributed by atoms with Crippen molar-refractivity contribution in [2.24, 2.45) is 5.92 Å². The van der Waals surface area contributed by atoms with E-state index in [1.165, 1.54) is 18.4 Å². The van der Waals surface area contributed by atoms with Crippen LogP contribution in [0.2, 0.25) is 0 Å². The Balaban J connectivity index is 1.56. The summed E-state index contributed by atoms with van der Waals surface area (Å²) in [6, 6.07) is 6.83. The Morgan fingerprint density at radius 1 is 1.36 bits per heavy atom. The molecule has 3 rings (SSSR count). The van der Waals surface area contributed by atoms with Crippen LogP contribution in [0.15, 0.2) is 24.3 Å². The number of hydrogen-bond acceptors (Lipinski definition) is 7. The number of nitrogens with zero attached hydrogens (tertiary/aromatic N) is 2. The first kappa shape index (κ1) is 19.8. The number of amides is 2.